The summed E-state index contributed by atoms with van der Waals surface area (Å²) in [6.07, 6.45) is 3.62. The summed E-state index contributed by atoms with van der Waals surface area (Å²) >= 11 is 12.1. The van der Waals surface area contributed by atoms with Crippen molar-refractivity contribution in [1.82, 2.24) is 0 Å². The third-order valence-corrected chi connectivity index (χ3v) is 3.12. The van der Waals surface area contributed by atoms with Crippen LogP contribution in [0.3, 0.4) is 0 Å². The highest BCUT2D eigenvalue weighted by Crippen LogP contribution is 2.33. The molecule has 0 radical (unpaired) electrons. The van der Waals surface area contributed by atoms with Crippen LogP contribution >= 0.6 is 23.2 Å². The first kappa shape index (κ1) is 13.8. The van der Waals surface area contributed by atoms with E-state index in [0.29, 0.717) is 21.9 Å². The molecule has 2 rings (SSSR count). The van der Waals surface area contributed by atoms with E-state index >= 15 is 0 Å². The zero-order valence-electron chi connectivity index (χ0n) is 9.74. The van der Waals surface area contributed by atoms with Crippen LogP contribution in [0.4, 0.5) is 4.39 Å². The van der Waals surface area contributed by atoms with Crippen molar-refractivity contribution in [3.05, 3.63) is 63.9 Å². The van der Waals surface area contributed by atoms with Gasteiger partial charge in [-0.25, -0.2) is 4.39 Å². The Bertz CT molecular complexity index is 633. The summed E-state index contributed by atoms with van der Waals surface area (Å²) in [5, 5.41) is 0.914. The summed E-state index contributed by atoms with van der Waals surface area (Å²) in [7, 11) is 0. The monoisotopic (exact) mass is 294 g/mol. The molecule has 4 heteroatoms. The molecule has 0 heterocycles. The number of benzene rings is 2. The summed E-state index contributed by atoms with van der Waals surface area (Å²) in [5.74, 6) is -0.318. The highest BCUT2D eigenvalue weighted by molar-refractivity contribution is 6.36. The third kappa shape index (κ3) is 3.22. The number of aldehydes is 1. The van der Waals surface area contributed by atoms with E-state index in [0.717, 1.165) is 11.1 Å². The van der Waals surface area contributed by atoms with Gasteiger partial charge in [-0.05, 0) is 47.5 Å². The Balaban J connectivity index is 2.63. The van der Waals surface area contributed by atoms with Gasteiger partial charge in [-0.2, -0.15) is 0 Å². The number of allylic oxidation sites excluding steroid dienone is 1. The SMILES string of the molecule is O=CC=Cc1c(Cl)cc(Cl)cc1-c1ccc(F)cc1. The first-order chi connectivity index (χ1) is 9.11. The molecule has 0 saturated carbocycles. The molecule has 0 aliphatic rings. The second-order valence-corrected chi connectivity index (χ2v) is 4.69. The van der Waals surface area contributed by atoms with Crippen LogP contribution in [0.1, 0.15) is 5.56 Å². The standard InChI is InChI=1S/C15H9Cl2FO/c16-11-8-14(10-3-5-12(18)6-4-10)13(2-1-7-19)15(17)9-11/h1-9H. The van der Waals surface area contributed by atoms with Crippen LogP contribution < -0.4 is 0 Å². The Labute approximate surface area is 120 Å². The average molecular weight is 295 g/mol. The maximum absolute atomic E-state index is 13.0. The lowest BCUT2D eigenvalue weighted by Gasteiger charge is -2.09. The van der Waals surface area contributed by atoms with Gasteiger partial charge in [0, 0.05) is 15.6 Å². The third-order valence-electron chi connectivity index (χ3n) is 2.59. The predicted octanol–water partition coefficient (Wildman–Crippen LogP) is 5.01. The van der Waals surface area contributed by atoms with Crippen molar-refractivity contribution in [2.45, 2.75) is 0 Å². The van der Waals surface area contributed by atoms with Gasteiger partial charge in [0.2, 0.25) is 0 Å². The number of carbonyl (C=O) groups is 1. The van der Waals surface area contributed by atoms with Crippen LogP contribution in [0, 0.1) is 5.82 Å². The zero-order valence-corrected chi connectivity index (χ0v) is 11.3. The Morgan fingerprint density at radius 2 is 1.74 bits per heavy atom. The van der Waals surface area contributed by atoms with Crippen LogP contribution in [0.15, 0.2) is 42.5 Å². The number of hydrogen-bond donors (Lipinski definition) is 0. The summed E-state index contributed by atoms with van der Waals surface area (Å²) in [4.78, 5) is 10.4. The largest absolute Gasteiger partial charge is 0.299 e. The van der Waals surface area contributed by atoms with Crippen molar-refractivity contribution in [2.75, 3.05) is 0 Å². The Morgan fingerprint density at radius 1 is 1.05 bits per heavy atom. The van der Waals surface area contributed by atoms with Crippen LogP contribution in [0.2, 0.25) is 10.0 Å². The van der Waals surface area contributed by atoms with Gasteiger partial charge in [0.05, 0.1) is 0 Å². The highest BCUT2D eigenvalue weighted by Gasteiger charge is 2.09. The van der Waals surface area contributed by atoms with Gasteiger partial charge in [0.25, 0.3) is 0 Å². The molecule has 19 heavy (non-hydrogen) atoms. The summed E-state index contributed by atoms with van der Waals surface area (Å²) in [6, 6.07) is 9.31. The first-order valence-electron chi connectivity index (χ1n) is 5.48. The predicted molar refractivity (Wildman–Crippen MR) is 77.0 cm³/mol. The molecule has 0 bridgehead atoms. The lowest BCUT2D eigenvalue weighted by molar-refractivity contribution is -0.104. The lowest BCUT2D eigenvalue weighted by Crippen LogP contribution is -1.86. The minimum absolute atomic E-state index is 0.318. The molecule has 0 unspecified atom stereocenters. The van der Waals surface area contributed by atoms with Gasteiger partial charge in [-0.15, -0.1) is 0 Å². The Morgan fingerprint density at radius 3 is 2.37 bits per heavy atom. The molecule has 0 fully saturated rings. The van der Waals surface area contributed by atoms with Crippen molar-refractivity contribution < 1.29 is 9.18 Å². The minimum Gasteiger partial charge on any atom is -0.299 e. The minimum atomic E-state index is -0.318. The van der Waals surface area contributed by atoms with Crippen molar-refractivity contribution in [3.8, 4) is 11.1 Å². The van der Waals surface area contributed by atoms with Crippen LogP contribution in [0.5, 0.6) is 0 Å². The molecule has 2 aromatic rings. The van der Waals surface area contributed by atoms with E-state index in [-0.39, 0.29) is 5.82 Å². The smallest absolute Gasteiger partial charge is 0.142 e. The molecular weight excluding hydrogens is 286 g/mol. The van der Waals surface area contributed by atoms with E-state index < -0.39 is 0 Å². The zero-order chi connectivity index (χ0) is 13.8. The van der Waals surface area contributed by atoms with E-state index in [4.69, 9.17) is 23.2 Å². The number of halogens is 3. The molecule has 1 nitrogen and oxygen atoms in total. The fourth-order valence-corrected chi connectivity index (χ4v) is 2.31. The van der Waals surface area contributed by atoms with Gasteiger partial charge in [0.15, 0.2) is 0 Å². The van der Waals surface area contributed by atoms with Crippen molar-refractivity contribution in [1.29, 1.82) is 0 Å². The van der Waals surface area contributed by atoms with Gasteiger partial charge in [0.1, 0.15) is 12.1 Å². The Hall–Kier alpha value is -1.64. The van der Waals surface area contributed by atoms with Crippen molar-refractivity contribution >= 4 is 35.6 Å². The maximum atomic E-state index is 13.0. The van der Waals surface area contributed by atoms with E-state index in [9.17, 15) is 9.18 Å². The van der Waals surface area contributed by atoms with E-state index in [1.807, 2.05) is 0 Å². The molecule has 0 aliphatic heterocycles. The molecule has 0 amide bonds. The van der Waals surface area contributed by atoms with Gasteiger partial charge in [-0.1, -0.05) is 35.3 Å². The summed E-state index contributed by atoms with van der Waals surface area (Å²) in [6.45, 7) is 0. The first-order valence-corrected chi connectivity index (χ1v) is 6.24. The molecule has 0 saturated heterocycles. The molecule has 0 aromatic heterocycles. The van der Waals surface area contributed by atoms with Crippen LogP contribution in [-0.2, 0) is 4.79 Å². The molecule has 0 aliphatic carbocycles. The normalized spacial score (nSPS) is 10.9. The lowest BCUT2D eigenvalue weighted by atomic mass is 9.99. The van der Waals surface area contributed by atoms with Crippen LogP contribution in [0.25, 0.3) is 17.2 Å². The molecule has 2 aromatic carbocycles. The average Bonchev–Trinajstić information content (AvgIpc) is 2.38. The number of carbonyl (C=O) groups excluding carboxylic acids is 1. The number of hydrogen-bond acceptors (Lipinski definition) is 1. The van der Waals surface area contributed by atoms with Crippen molar-refractivity contribution in [3.63, 3.8) is 0 Å². The molecule has 96 valence electrons. The fraction of sp³-hybridized carbons (Fsp3) is 0. The molecule has 0 spiro atoms. The molecule has 0 atom stereocenters. The summed E-state index contributed by atoms with van der Waals surface area (Å²) in [5.41, 5.74) is 2.19. The second-order valence-electron chi connectivity index (χ2n) is 3.85. The highest BCUT2D eigenvalue weighted by atomic mass is 35.5. The second kappa shape index (κ2) is 6.00. The Kier molecular flexibility index (Phi) is 4.35. The molecule has 0 N–H and O–H groups in total. The van der Waals surface area contributed by atoms with E-state index in [1.54, 1.807) is 30.3 Å². The fourth-order valence-electron chi connectivity index (χ4n) is 1.76. The van der Waals surface area contributed by atoms with Gasteiger partial charge >= 0.3 is 0 Å². The summed E-state index contributed by atoms with van der Waals surface area (Å²) < 4.78 is 13.0. The van der Waals surface area contributed by atoms with E-state index in [1.165, 1.54) is 18.2 Å². The van der Waals surface area contributed by atoms with Crippen molar-refractivity contribution in [2.24, 2.45) is 0 Å². The van der Waals surface area contributed by atoms with Crippen LogP contribution in [-0.4, -0.2) is 6.29 Å². The maximum Gasteiger partial charge on any atom is 0.142 e. The quantitative estimate of drug-likeness (QED) is 0.574. The molecular formula is C15H9Cl2FO. The van der Waals surface area contributed by atoms with E-state index in [2.05, 4.69) is 0 Å². The topological polar surface area (TPSA) is 17.1 Å². The van der Waals surface area contributed by atoms with Gasteiger partial charge in [-0.3, -0.25) is 4.79 Å². The van der Waals surface area contributed by atoms with Gasteiger partial charge < -0.3 is 0 Å². The number of rotatable bonds is 3.